The molecule has 0 aliphatic carbocycles. The molecule has 0 bridgehead atoms. The van der Waals surface area contributed by atoms with Crippen molar-refractivity contribution in [1.82, 2.24) is 4.57 Å². The highest BCUT2D eigenvalue weighted by Crippen LogP contribution is 2.11. The van der Waals surface area contributed by atoms with Crippen LogP contribution in [-0.4, -0.2) is 4.57 Å². The van der Waals surface area contributed by atoms with Crippen molar-refractivity contribution >= 4 is 11.6 Å². The molecule has 1 aromatic rings. The van der Waals surface area contributed by atoms with E-state index in [9.17, 15) is 13.6 Å². The number of nitrogens with zero attached hydrogens (tertiary/aromatic N) is 1. The van der Waals surface area contributed by atoms with Gasteiger partial charge in [0, 0.05) is 11.8 Å². The van der Waals surface area contributed by atoms with Gasteiger partial charge in [0.2, 0.25) is 0 Å². The van der Waals surface area contributed by atoms with Gasteiger partial charge in [-0.1, -0.05) is 6.07 Å². The second-order valence-electron chi connectivity index (χ2n) is 2.14. The van der Waals surface area contributed by atoms with E-state index in [0.717, 1.165) is 6.07 Å². The van der Waals surface area contributed by atoms with Crippen molar-refractivity contribution in [2.45, 2.75) is 12.4 Å². The third-order valence-electron chi connectivity index (χ3n) is 1.41. The van der Waals surface area contributed by atoms with E-state index < -0.39 is 12.1 Å². The van der Waals surface area contributed by atoms with E-state index >= 15 is 0 Å². The van der Waals surface area contributed by atoms with E-state index in [-0.39, 0.29) is 11.6 Å². The fourth-order valence-corrected chi connectivity index (χ4v) is 1.09. The van der Waals surface area contributed by atoms with Gasteiger partial charge in [0.1, 0.15) is 0 Å². The molecule has 1 aromatic heterocycles. The topological polar surface area (TPSA) is 22.0 Å². The van der Waals surface area contributed by atoms with E-state index in [0.29, 0.717) is 4.57 Å². The zero-order valence-corrected chi connectivity index (χ0v) is 6.76. The number of halogens is 3. The monoisotopic (exact) mass is 193 g/mol. The van der Waals surface area contributed by atoms with Crippen LogP contribution < -0.4 is 5.56 Å². The zero-order valence-electron chi connectivity index (χ0n) is 6.01. The summed E-state index contributed by atoms with van der Waals surface area (Å²) in [5.41, 5.74) is -0.609. The highest BCUT2D eigenvalue weighted by Gasteiger charge is 2.10. The highest BCUT2D eigenvalue weighted by molar-refractivity contribution is 6.16. The number of hydrogen-bond donors (Lipinski definition) is 0. The molecular formula is C7H6ClF2NO. The maximum Gasteiger partial charge on any atom is 0.321 e. The fourth-order valence-electron chi connectivity index (χ4n) is 0.874. The maximum atomic E-state index is 12.2. The second-order valence-corrected chi connectivity index (χ2v) is 2.40. The van der Waals surface area contributed by atoms with Crippen LogP contribution in [-0.2, 0) is 5.88 Å². The van der Waals surface area contributed by atoms with Gasteiger partial charge in [0.25, 0.3) is 5.56 Å². The lowest BCUT2D eigenvalue weighted by atomic mass is 10.4. The van der Waals surface area contributed by atoms with Crippen LogP contribution in [0.2, 0.25) is 0 Å². The Labute approximate surface area is 72.4 Å². The average molecular weight is 194 g/mol. The van der Waals surface area contributed by atoms with Crippen molar-refractivity contribution in [3.63, 3.8) is 0 Å². The molecule has 66 valence electrons. The Morgan fingerprint density at radius 2 is 2.17 bits per heavy atom. The van der Waals surface area contributed by atoms with E-state index in [1.54, 1.807) is 0 Å². The van der Waals surface area contributed by atoms with E-state index in [2.05, 4.69) is 0 Å². The van der Waals surface area contributed by atoms with E-state index in [1.807, 2.05) is 0 Å². The van der Waals surface area contributed by atoms with Crippen LogP contribution in [0, 0.1) is 0 Å². The molecule has 0 N–H and O–H groups in total. The number of aromatic nitrogens is 1. The minimum Gasteiger partial charge on any atom is -0.269 e. The van der Waals surface area contributed by atoms with Gasteiger partial charge in [-0.3, -0.25) is 9.36 Å². The van der Waals surface area contributed by atoms with Gasteiger partial charge in [0.15, 0.2) is 0 Å². The molecular weight excluding hydrogens is 188 g/mol. The Morgan fingerprint density at radius 3 is 2.58 bits per heavy atom. The molecule has 0 amide bonds. The van der Waals surface area contributed by atoms with Crippen molar-refractivity contribution < 1.29 is 8.78 Å². The average Bonchev–Trinajstić information content (AvgIpc) is 2.03. The standard InChI is InChI=1S/C7H6ClF2NO/c8-4-5-2-1-3-6(12)11(5)7(9)10/h1-3,7H,4H2. The normalized spacial score (nSPS) is 10.7. The van der Waals surface area contributed by atoms with Crippen molar-refractivity contribution in [2.75, 3.05) is 0 Å². The summed E-state index contributed by atoms with van der Waals surface area (Å²) in [4.78, 5) is 10.9. The predicted molar refractivity (Wildman–Crippen MR) is 41.5 cm³/mol. The molecule has 1 rings (SSSR count). The van der Waals surface area contributed by atoms with Gasteiger partial charge in [-0.05, 0) is 6.07 Å². The van der Waals surface area contributed by atoms with Crippen LogP contribution in [0.15, 0.2) is 23.0 Å². The Kier molecular flexibility index (Phi) is 2.81. The SMILES string of the molecule is O=c1cccc(CCl)n1C(F)F. The first-order valence-electron chi connectivity index (χ1n) is 3.21. The molecule has 0 saturated heterocycles. The van der Waals surface area contributed by atoms with Crippen LogP contribution in [0.3, 0.4) is 0 Å². The number of hydrogen-bond acceptors (Lipinski definition) is 1. The van der Waals surface area contributed by atoms with Gasteiger partial charge in [0.05, 0.1) is 5.88 Å². The molecule has 5 heteroatoms. The Balaban J connectivity index is 3.30. The van der Waals surface area contributed by atoms with Crippen molar-refractivity contribution in [3.8, 4) is 0 Å². The smallest absolute Gasteiger partial charge is 0.269 e. The first kappa shape index (κ1) is 9.19. The molecule has 0 saturated carbocycles. The van der Waals surface area contributed by atoms with Gasteiger partial charge < -0.3 is 0 Å². The second kappa shape index (κ2) is 3.67. The summed E-state index contributed by atoms with van der Waals surface area (Å²) < 4.78 is 24.7. The molecule has 0 aromatic carbocycles. The largest absolute Gasteiger partial charge is 0.321 e. The quantitative estimate of drug-likeness (QED) is 0.659. The minimum absolute atomic E-state index is 0.0968. The Bertz CT molecular complexity index is 323. The van der Waals surface area contributed by atoms with Gasteiger partial charge >= 0.3 is 6.55 Å². The summed E-state index contributed by atoms with van der Waals surface area (Å²) in [7, 11) is 0. The summed E-state index contributed by atoms with van der Waals surface area (Å²) in [6.07, 6.45) is 0. The van der Waals surface area contributed by atoms with Crippen molar-refractivity contribution in [2.24, 2.45) is 0 Å². The third kappa shape index (κ3) is 1.64. The van der Waals surface area contributed by atoms with Gasteiger partial charge in [-0.2, -0.15) is 8.78 Å². The molecule has 0 aliphatic rings. The summed E-state index contributed by atoms with van der Waals surface area (Å²) in [6.45, 7) is -2.83. The van der Waals surface area contributed by atoms with Crippen molar-refractivity contribution in [1.29, 1.82) is 0 Å². The summed E-state index contributed by atoms with van der Waals surface area (Å²) in [5.74, 6) is -0.0968. The predicted octanol–water partition coefficient (Wildman–Crippen LogP) is 1.98. The maximum absolute atomic E-state index is 12.2. The molecule has 12 heavy (non-hydrogen) atoms. The molecule has 0 radical (unpaired) electrons. The molecule has 2 nitrogen and oxygen atoms in total. The van der Waals surface area contributed by atoms with Crippen molar-refractivity contribution in [3.05, 3.63) is 34.2 Å². The first-order valence-corrected chi connectivity index (χ1v) is 3.75. The fraction of sp³-hybridized carbons (Fsp3) is 0.286. The number of alkyl halides is 3. The lowest BCUT2D eigenvalue weighted by molar-refractivity contribution is 0.0639. The highest BCUT2D eigenvalue weighted by atomic mass is 35.5. The van der Waals surface area contributed by atoms with Crippen LogP contribution >= 0.6 is 11.6 Å². The minimum atomic E-state index is -2.83. The van der Waals surface area contributed by atoms with E-state index in [4.69, 9.17) is 11.6 Å². The molecule has 0 spiro atoms. The molecule has 0 fully saturated rings. The Morgan fingerprint density at radius 1 is 1.50 bits per heavy atom. The lowest BCUT2D eigenvalue weighted by Gasteiger charge is -2.07. The third-order valence-corrected chi connectivity index (χ3v) is 1.68. The molecule has 0 unspecified atom stereocenters. The first-order chi connectivity index (χ1) is 5.66. The Hall–Kier alpha value is -0.900. The lowest BCUT2D eigenvalue weighted by Crippen LogP contribution is -2.22. The van der Waals surface area contributed by atoms with Crippen LogP contribution in [0.4, 0.5) is 8.78 Å². The zero-order chi connectivity index (χ0) is 9.14. The van der Waals surface area contributed by atoms with Crippen LogP contribution in [0.25, 0.3) is 0 Å². The molecule has 1 heterocycles. The van der Waals surface area contributed by atoms with Crippen LogP contribution in [0.1, 0.15) is 12.2 Å². The van der Waals surface area contributed by atoms with Crippen LogP contribution in [0.5, 0.6) is 0 Å². The molecule has 0 aliphatic heterocycles. The summed E-state index contributed by atoms with van der Waals surface area (Å²) >= 11 is 5.36. The molecule has 0 atom stereocenters. The summed E-state index contributed by atoms with van der Waals surface area (Å²) in [5, 5.41) is 0. The summed E-state index contributed by atoms with van der Waals surface area (Å²) in [6, 6.07) is 3.86. The van der Waals surface area contributed by atoms with Gasteiger partial charge in [-0.15, -0.1) is 11.6 Å². The number of pyridine rings is 1. The number of rotatable bonds is 2. The van der Waals surface area contributed by atoms with Gasteiger partial charge in [-0.25, -0.2) is 0 Å². The van der Waals surface area contributed by atoms with E-state index in [1.165, 1.54) is 12.1 Å².